The minimum absolute atomic E-state index is 0.230. The summed E-state index contributed by atoms with van der Waals surface area (Å²) in [5, 5.41) is 0. The number of hydrogen-bond donors (Lipinski definition) is 1. The van der Waals surface area contributed by atoms with Gasteiger partial charge in [0.25, 0.3) is 0 Å². The third-order valence-electron chi connectivity index (χ3n) is 2.16. The molecule has 0 saturated carbocycles. The molecule has 0 aromatic rings. The normalized spacial score (nSPS) is 17.1. The second-order valence-electron chi connectivity index (χ2n) is 4.49. The predicted octanol–water partition coefficient (Wildman–Crippen LogP) is 0.866. The summed E-state index contributed by atoms with van der Waals surface area (Å²) in [7, 11) is 1.58. The van der Waals surface area contributed by atoms with E-state index in [1.807, 2.05) is 13.8 Å². The molecule has 0 aliphatic rings. The van der Waals surface area contributed by atoms with Crippen molar-refractivity contribution in [3.8, 4) is 0 Å². The zero-order chi connectivity index (χ0) is 11.4. The van der Waals surface area contributed by atoms with Gasteiger partial charge in [0, 0.05) is 23.4 Å². The largest absolute Gasteiger partial charge is 0.760 e. The second-order valence-corrected chi connectivity index (χ2v) is 5.55. The van der Waals surface area contributed by atoms with E-state index in [1.54, 1.807) is 7.05 Å². The number of rotatable bonds is 6. The third-order valence-corrected chi connectivity index (χ3v) is 2.82. The molecular weight excluding hydrogens is 200 g/mol. The molecule has 0 aromatic carbocycles. The maximum absolute atomic E-state index is 10.6. The highest BCUT2D eigenvalue weighted by Crippen LogP contribution is 2.18. The summed E-state index contributed by atoms with van der Waals surface area (Å²) in [5.74, 6) is 0.331. The quantitative estimate of drug-likeness (QED) is 0.676. The molecule has 0 spiro atoms. The topological polar surface area (TPSA) is 69.4 Å². The Bertz CT molecular complexity index is 192. The Labute approximate surface area is 89.3 Å². The average molecular weight is 221 g/mol. The Morgan fingerprint density at radius 1 is 1.57 bits per heavy atom. The highest BCUT2D eigenvalue weighted by Gasteiger charge is 2.19. The van der Waals surface area contributed by atoms with Gasteiger partial charge in [-0.2, -0.15) is 0 Å². The molecular formula is C9H21N2O2S-. The summed E-state index contributed by atoms with van der Waals surface area (Å²) >= 11 is -2.12. The Kier molecular flexibility index (Phi) is 5.81. The van der Waals surface area contributed by atoms with E-state index >= 15 is 0 Å². The highest BCUT2D eigenvalue weighted by molar-refractivity contribution is 7.76. The monoisotopic (exact) mass is 221 g/mol. The minimum atomic E-state index is -2.12. The Morgan fingerprint density at radius 2 is 2.07 bits per heavy atom. The SMILES string of the molecule is CCC(CN(C)S(=O)[O-])CC(C)(C)N. The first-order valence-electron chi connectivity index (χ1n) is 4.85. The summed E-state index contributed by atoms with van der Waals surface area (Å²) in [4.78, 5) is 0. The van der Waals surface area contributed by atoms with Gasteiger partial charge in [0.1, 0.15) is 0 Å². The first-order valence-corrected chi connectivity index (χ1v) is 5.89. The van der Waals surface area contributed by atoms with Crippen molar-refractivity contribution < 1.29 is 8.76 Å². The van der Waals surface area contributed by atoms with Crippen molar-refractivity contribution in [3.63, 3.8) is 0 Å². The molecule has 2 unspecified atom stereocenters. The van der Waals surface area contributed by atoms with Gasteiger partial charge >= 0.3 is 0 Å². The summed E-state index contributed by atoms with van der Waals surface area (Å²) in [6.07, 6.45) is 1.78. The van der Waals surface area contributed by atoms with Crippen LogP contribution in [0, 0.1) is 5.92 Å². The van der Waals surface area contributed by atoms with Gasteiger partial charge in [0.15, 0.2) is 0 Å². The van der Waals surface area contributed by atoms with Crippen molar-refractivity contribution in [2.24, 2.45) is 11.7 Å². The lowest BCUT2D eigenvalue weighted by atomic mass is 9.90. The molecule has 0 fully saturated rings. The van der Waals surface area contributed by atoms with Crippen LogP contribution in [0.15, 0.2) is 0 Å². The Morgan fingerprint density at radius 3 is 2.36 bits per heavy atom. The first kappa shape index (κ1) is 14.0. The van der Waals surface area contributed by atoms with E-state index in [4.69, 9.17) is 5.73 Å². The summed E-state index contributed by atoms with van der Waals surface area (Å²) in [5.41, 5.74) is 5.66. The lowest BCUT2D eigenvalue weighted by molar-refractivity contribution is 0.296. The first-order chi connectivity index (χ1) is 6.26. The smallest absolute Gasteiger partial charge is 0.0206 e. The van der Waals surface area contributed by atoms with Crippen molar-refractivity contribution in [1.29, 1.82) is 0 Å². The van der Waals surface area contributed by atoms with Crippen molar-refractivity contribution in [3.05, 3.63) is 0 Å². The second kappa shape index (κ2) is 5.80. The molecule has 0 aromatic heterocycles. The molecule has 0 bridgehead atoms. The van der Waals surface area contributed by atoms with Crippen LogP contribution in [-0.4, -0.2) is 32.2 Å². The maximum Gasteiger partial charge on any atom is 0.0206 e. The highest BCUT2D eigenvalue weighted by atomic mass is 32.2. The van der Waals surface area contributed by atoms with E-state index < -0.39 is 11.3 Å². The van der Waals surface area contributed by atoms with Crippen molar-refractivity contribution >= 4 is 11.3 Å². The van der Waals surface area contributed by atoms with E-state index in [-0.39, 0.29) is 5.54 Å². The van der Waals surface area contributed by atoms with Crippen LogP contribution in [0.4, 0.5) is 0 Å². The van der Waals surface area contributed by atoms with E-state index in [0.29, 0.717) is 12.5 Å². The van der Waals surface area contributed by atoms with Crippen LogP contribution >= 0.6 is 0 Å². The van der Waals surface area contributed by atoms with Crippen molar-refractivity contribution in [2.75, 3.05) is 13.6 Å². The fourth-order valence-electron chi connectivity index (χ4n) is 1.51. The molecule has 0 aliphatic carbocycles. The number of nitrogens with two attached hydrogens (primary N) is 1. The fraction of sp³-hybridized carbons (Fsp3) is 1.00. The lowest BCUT2D eigenvalue weighted by Gasteiger charge is -2.29. The van der Waals surface area contributed by atoms with Gasteiger partial charge in [-0.1, -0.05) is 13.3 Å². The van der Waals surface area contributed by atoms with Crippen LogP contribution < -0.4 is 5.73 Å². The zero-order valence-corrected chi connectivity index (χ0v) is 10.3. The molecule has 0 aliphatic heterocycles. The molecule has 86 valence electrons. The molecule has 0 amide bonds. The zero-order valence-electron chi connectivity index (χ0n) is 9.45. The Hall–Kier alpha value is 0.0300. The molecule has 2 atom stereocenters. The van der Waals surface area contributed by atoms with Gasteiger partial charge in [-0.15, -0.1) is 0 Å². The van der Waals surface area contributed by atoms with E-state index in [1.165, 1.54) is 4.31 Å². The fourth-order valence-corrected chi connectivity index (χ4v) is 1.84. The molecule has 0 saturated heterocycles. The standard InChI is InChI=1S/C9H22N2O2S/c1-5-8(6-9(2,3)10)7-11(4)14(12)13/h8H,5-7,10H2,1-4H3,(H,12,13)/p-1. The summed E-state index contributed by atoms with van der Waals surface area (Å²) in [6.45, 7) is 6.53. The molecule has 0 heterocycles. The van der Waals surface area contributed by atoms with Gasteiger partial charge < -0.3 is 10.3 Å². The van der Waals surface area contributed by atoms with Crippen molar-refractivity contribution in [1.82, 2.24) is 4.31 Å². The van der Waals surface area contributed by atoms with Crippen LogP contribution in [0.25, 0.3) is 0 Å². The Balaban J connectivity index is 4.10. The summed E-state index contributed by atoms with van der Waals surface area (Å²) in [6, 6.07) is 0. The summed E-state index contributed by atoms with van der Waals surface area (Å²) < 4.78 is 22.5. The average Bonchev–Trinajstić information content (AvgIpc) is 2.00. The van der Waals surface area contributed by atoms with Crippen molar-refractivity contribution in [2.45, 2.75) is 39.2 Å². The van der Waals surface area contributed by atoms with E-state index in [9.17, 15) is 8.76 Å². The van der Waals surface area contributed by atoms with Gasteiger partial charge in [0.2, 0.25) is 0 Å². The number of nitrogens with zero attached hydrogens (tertiary/aromatic N) is 1. The maximum atomic E-state index is 10.6. The van der Waals surface area contributed by atoms with Gasteiger partial charge in [-0.3, -0.25) is 4.21 Å². The van der Waals surface area contributed by atoms with Gasteiger partial charge in [0.05, 0.1) is 0 Å². The minimum Gasteiger partial charge on any atom is -0.760 e. The number of hydrogen-bond acceptors (Lipinski definition) is 3. The molecule has 14 heavy (non-hydrogen) atoms. The van der Waals surface area contributed by atoms with Crippen LogP contribution in [0.5, 0.6) is 0 Å². The molecule has 0 radical (unpaired) electrons. The molecule has 0 rings (SSSR count). The van der Waals surface area contributed by atoms with Crippen LogP contribution in [0.2, 0.25) is 0 Å². The van der Waals surface area contributed by atoms with Gasteiger partial charge in [-0.05, 0) is 33.2 Å². The predicted molar refractivity (Wildman–Crippen MR) is 58.2 cm³/mol. The molecule has 5 heteroatoms. The van der Waals surface area contributed by atoms with Crippen LogP contribution in [0.1, 0.15) is 33.6 Å². The lowest BCUT2D eigenvalue weighted by Crippen LogP contribution is -2.37. The molecule has 4 nitrogen and oxygen atoms in total. The molecule has 2 N–H and O–H groups in total. The third kappa shape index (κ3) is 6.48. The van der Waals surface area contributed by atoms with E-state index in [2.05, 4.69) is 6.92 Å². The van der Waals surface area contributed by atoms with Gasteiger partial charge in [-0.25, -0.2) is 4.31 Å². The van der Waals surface area contributed by atoms with Crippen LogP contribution in [0.3, 0.4) is 0 Å². The van der Waals surface area contributed by atoms with Crippen LogP contribution in [-0.2, 0) is 11.3 Å². The van der Waals surface area contributed by atoms with E-state index in [0.717, 1.165) is 12.8 Å².